The highest BCUT2D eigenvalue weighted by Crippen LogP contribution is 2.12. The van der Waals surface area contributed by atoms with Crippen LogP contribution in [0.3, 0.4) is 0 Å². The summed E-state index contributed by atoms with van der Waals surface area (Å²) in [5.41, 5.74) is 1.79. The Balaban J connectivity index is 1.58. The number of thiophene rings is 1. The second-order valence-corrected chi connectivity index (χ2v) is 6.60. The molecule has 5 nitrogen and oxygen atoms in total. The standard InChI is InChI=1S/C18H18N2O3S/c1-13-5-3-9-20-16(21)11-14(19-18(13)20)12-23-17(22)8-2-6-15-7-4-10-24-15/h3-5,7,9-11H,2,6,8,12H2,1H3. The molecule has 3 rings (SSSR count). The Morgan fingerprint density at radius 3 is 3.00 bits per heavy atom. The molecule has 0 bridgehead atoms. The van der Waals surface area contributed by atoms with Gasteiger partial charge in [0.2, 0.25) is 0 Å². The van der Waals surface area contributed by atoms with Crippen molar-refractivity contribution >= 4 is 23.0 Å². The summed E-state index contributed by atoms with van der Waals surface area (Å²) >= 11 is 1.69. The zero-order valence-electron chi connectivity index (χ0n) is 13.4. The van der Waals surface area contributed by atoms with Gasteiger partial charge in [-0.05, 0) is 42.8 Å². The molecule has 3 aromatic rings. The molecule has 0 spiro atoms. The molecular weight excluding hydrogens is 324 g/mol. The van der Waals surface area contributed by atoms with Crippen LogP contribution in [0, 0.1) is 6.92 Å². The number of carbonyl (C=O) groups is 1. The molecule has 0 aliphatic rings. The molecule has 0 saturated carbocycles. The molecular formula is C18H18N2O3S. The zero-order chi connectivity index (χ0) is 16.9. The third kappa shape index (κ3) is 3.89. The first-order valence-electron chi connectivity index (χ1n) is 7.79. The summed E-state index contributed by atoms with van der Waals surface area (Å²) in [6.07, 6.45) is 3.68. The monoisotopic (exact) mass is 342 g/mol. The van der Waals surface area contributed by atoms with Crippen LogP contribution in [-0.4, -0.2) is 15.4 Å². The van der Waals surface area contributed by atoms with Gasteiger partial charge in [-0.1, -0.05) is 12.1 Å². The summed E-state index contributed by atoms with van der Waals surface area (Å²) < 4.78 is 6.73. The Morgan fingerprint density at radius 2 is 2.21 bits per heavy atom. The molecule has 0 fully saturated rings. The Morgan fingerprint density at radius 1 is 1.33 bits per heavy atom. The topological polar surface area (TPSA) is 60.7 Å². The van der Waals surface area contributed by atoms with Crippen molar-refractivity contribution in [2.75, 3.05) is 0 Å². The lowest BCUT2D eigenvalue weighted by Crippen LogP contribution is -2.17. The summed E-state index contributed by atoms with van der Waals surface area (Å²) in [5.74, 6) is -0.265. The third-order valence-corrected chi connectivity index (χ3v) is 4.64. The third-order valence-electron chi connectivity index (χ3n) is 3.70. The van der Waals surface area contributed by atoms with Gasteiger partial charge >= 0.3 is 5.97 Å². The molecule has 0 radical (unpaired) electrons. The van der Waals surface area contributed by atoms with Gasteiger partial charge < -0.3 is 4.74 Å². The van der Waals surface area contributed by atoms with Crippen LogP contribution in [0.1, 0.15) is 29.0 Å². The minimum Gasteiger partial charge on any atom is -0.459 e. The number of hydrogen-bond donors (Lipinski definition) is 0. The number of nitrogens with zero attached hydrogens (tertiary/aromatic N) is 2. The lowest BCUT2D eigenvalue weighted by molar-refractivity contribution is -0.145. The van der Waals surface area contributed by atoms with Crippen LogP contribution >= 0.6 is 11.3 Å². The van der Waals surface area contributed by atoms with Gasteiger partial charge in [0.15, 0.2) is 0 Å². The van der Waals surface area contributed by atoms with E-state index >= 15 is 0 Å². The number of pyridine rings is 1. The van der Waals surface area contributed by atoms with Gasteiger partial charge in [0, 0.05) is 23.6 Å². The zero-order valence-corrected chi connectivity index (χ0v) is 14.2. The van der Waals surface area contributed by atoms with E-state index in [-0.39, 0.29) is 18.1 Å². The lowest BCUT2D eigenvalue weighted by atomic mass is 10.2. The fourth-order valence-electron chi connectivity index (χ4n) is 2.47. The highest BCUT2D eigenvalue weighted by molar-refractivity contribution is 7.09. The maximum atomic E-state index is 12.1. The highest BCUT2D eigenvalue weighted by atomic mass is 32.1. The second-order valence-electron chi connectivity index (χ2n) is 5.56. The first kappa shape index (κ1) is 16.4. The first-order chi connectivity index (χ1) is 11.6. The molecule has 124 valence electrons. The van der Waals surface area contributed by atoms with Crippen molar-refractivity contribution in [2.24, 2.45) is 0 Å². The van der Waals surface area contributed by atoms with E-state index < -0.39 is 0 Å². The molecule has 0 aliphatic carbocycles. The number of aryl methyl sites for hydroxylation is 2. The van der Waals surface area contributed by atoms with E-state index in [0.717, 1.165) is 18.4 Å². The van der Waals surface area contributed by atoms with Crippen molar-refractivity contribution < 1.29 is 9.53 Å². The van der Waals surface area contributed by atoms with Crippen molar-refractivity contribution in [3.8, 4) is 0 Å². The van der Waals surface area contributed by atoms with E-state index in [0.29, 0.717) is 17.8 Å². The van der Waals surface area contributed by atoms with Crippen molar-refractivity contribution in [1.29, 1.82) is 0 Å². The molecule has 0 aromatic carbocycles. The molecule has 0 amide bonds. The van der Waals surface area contributed by atoms with Crippen LogP contribution in [0.4, 0.5) is 0 Å². The Labute approximate surface area is 143 Å². The maximum absolute atomic E-state index is 12.1. The number of carbonyl (C=O) groups excluding carboxylic acids is 1. The molecule has 3 heterocycles. The van der Waals surface area contributed by atoms with Crippen LogP contribution in [-0.2, 0) is 22.6 Å². The number of aromatic nitrogens is 2. The normalized spacial score (nSPS) is 10.9. The van der Waals surface area contributed by atoms with E-state index in [1.165, 1.54) is 15.3 Å². The molecule has 0 saturated heterocycles. The maximum Gasteiger partial charge on any atom is 0.306 e. The van der Waals surface area contributed by atoms with Crippen molar-refractivity contribution in [2.45, 2.75) is 32.8 Å². The number of fused-ring (bicyclic) bond motifs is 1. The molecule has 6 heteroatoms. The molecule has 0 atom stereocenters. The molecule has 0 N–H and O–H groups in total. The van der Waals surface area contributed by atoms with Crippen molar-refractivity contribution in [3.63, 3.8) is 0 Å². The molecule has 24 heavy (non-hydrogen) atoms. The summed E-state index contributed by atoms with van der Waals surface area (Å²) in [6.45, 7) is 1.92. The number of rotatable bonds is 6. The fraction of sp³-hybridized carbons (Fsp3) is 0.278. The molecule has 3 aromatic heterocycles. The van der Waals surface area contributed by atoms with Gasteiger partial charge in [0.05, 0.1) is 5.69 Å². The Kier molecular flexibility index (Phi) is 5.05. The Hall–Kier alpha value is -2.47. The highest BCUT2D eigenvalue weighted by Gasteiger charge is 2.08. The minimum atomic E-state index is -0.265. The van der Waals surface area contributed by atoms with Crippen LogP contribution in [0.15, 0.2) is 46.7 Å². The summed E-state index contributed by atoms with van der Waals surface area (Å²) in [6, 6.07) is 9.17. The fourth-order valence-corrected chi connectivity index (χ4v) is 3.22. The van der Waals surface area contributed by atoms with Crippen molar-refractivity contribution in [1.82, 2.24) is 9.38 Å². The minimum absolute atomic E-state index is 0.0257. The van der Waals surface area contributed by atoms with Gasteiger partial charge in [-0.2, -0.15) is 0 Å². The van der Waals surface area contributed by atoms with E-state index in [2.05, 4.69) is 11.1 Å². The van der Waals surface area contributed by atoms with E-state index in [4.69, 9.17) is 4.74 Å². The average Bonchev–Trinajstić information content (AvgIpc) is 3.07. The van der Waals surface area contributed by atoms with Crippen LogP contribution < -0.4 is 5.56 Å². The van der Waals surface area contributed by atoms with Gasteiger partial charge in [0.25, 0.3) is 5.56 Å². The van der Waals surface area contributed by atoms with Crippen LogP contribution in [0.2, 0.25) is 0 Å². The Bertz CT molecular complexity index is 900. The molecule has 0 unspecified atom stereocenters. The van der Waals surface area contributed by atoms with Gasteiger partial charge in [-0.3, -0.25) is 14.0 Å². The smallest absolute Gasteiger partial charge is 0.306 e. The number of esters is 1. The van der Waals surface area contributed by atoms with Gasteiger partial charge in [-0.25, -0.2) is 4.98 Å². The molecule has 0 aliphatic heterocycles. The van der Waals surface area contributed by atoms with Crippen molar-refractivity contribution in [3.05, 3.63) is 68.4 Å². The SMILES string of the molecule is Cc1cccn2c(=O)cc(COC(=O)CCCc3cccs3)nc12. The van der Waals surface area contributed by atoms with Gasteiger partial charge in [0.1, 0.15) is 12.3 Å². The largest absolute Gasteiger partial charge is 0.459 e. The summed E-state index contributed by atoms with van der Waals surface area (Å²) in [5, 5.41) is 2.03. The summed E-state index contributed by atoms with van der Waals surface area (Å²) in [7, 11) is 0. The first-order valence-corrected chi connectivity index (χ1v) is 8.67. The number of ether oxygens (including phenoxy) is 1. The van der Waals surface area contributed by atoms with E-state index in [1.54, 1.807) is 23.6 Å². The second kappa shape index (κ2) is 7.40. The van der Waals surface area contributed by atoms with Gasteiger partial charge in [-0.15, -0.1) is 11.3 Å². The lowest BCUT2D eigenvalue weighted by Gasteiger charge is -2.07. The van der Waals surface area contributed by atoms with E-state index in [1.807, 2.05) is 24.4 Å². The van der Waals surface area contributed by atoms with E-state index in [9.17, 15) is 9.59 Å². The predicted octanol–water partition coefficient (Wildman–Crippen LogP) is 3.13. The average molecular weight is 342 g/mol. The predicted molar refractivity (Wildman–Crippen MR) is 93.3 cm³/mol. The quantitative estimate of drug-likeness (QED) is 0.646. The summed E-state index contributed by atoms with van der Waals surface area (Å²) in [4.78, 5) is 29.6. The van der Waals surface area contributed by atoms with Crippen LogP contribution in [0.5, 0.6) is 0 Å². The number of hydrogen-bond acceptors (Lipinski definition) is 5. The van der Waals surface area contributed by atoms with Crippen LogP contribution in [0.25, 0.3) is 5.65 Å².